The number of nitrogens with zero attached hydrogens (tertiary/aromatic N) is 2. The van der Waals surface area contributed by atoms with Gasteiger partial charge in [-0.3, -0.25) is 9.10 Å². The fourth-order valence-electron chi connectivity index (χ4n) is 3.00. The molecule has 0 spiro atoms. The summed E-state index contributed by atoms with van der Waals surface area (Å²) in [6, 6.07) is 9.26. The van der Waals surface area contributed by atoms with E-state index in [0.717, 1.165) is 16.9 Å². The van der Waals surface area contributed by atoms with Crippen molar-refractivity contribution in [1.82, 2.24) is 4.90 Å². The first-order valence-electron chi connectivity index (χ1n) is 8.27. The fraction of sp³-hybridized carbons (Fsp3) is 0.389. The topological polar surface area (TPSA) is 57.7 Å². The third-order valence-electron chi connectivity index (χ3n) is 4.39. The van der Waals surface area contributed by atoms with Crippen molar-refractivity contribution in [2.24, 2.45) is 0 Å². The van der Waals surface area contributed by atoms with Crippen LogP contribution in [-0.4, -0.2) is 38.6 Å². The minimum absolute atomic E-state index is 0.107. The quantitative estimate of drug-likeness (QED) is 0.820. The van der Waals surface area contributed by atoms with Crippen LogP contribution in [0.25, 0.3) is 0 Å². The van der Waals surface area contributed by atoms with Crippen LogP contribution in [0.1, 0.15) is 33.6 Å². The zero-order valence-corrected chi connectivity index (χ0v) is 16.1. The predicted octanol–water partition coefficient (Wildman–Crippen LogP) is 3.26. The lowest BCUT2D eigenvalue weighted by Crippen LogP contribution is -2.38. The smallest absolute Gasteiger partial charge is 0.253 e. The molecule has 1 amide bonds. The average molecular weight is 379 g/mol. The Bertz CT molecular complexity index is 860. The molecule has 0 saturated carbocycles. The number of hydrogen-bond acceptors (Lipinski definition) is 4. The number of hydrogen-bond donors (Lipinski definition) is 0. The molecule has 1 aliphatic rings. The van der Waals surface area contributed by atoms with Crippen LogP contribution >= 0.6 is 11.3 Å². The van der Waals surface area contributed by atoms with Crippen molar-refractivity contribution in [3.63, 3.8) is 0 Å². The molecule has 0 radical (unpaired) electrons. The Labute approximate surface area is 152 Å². The average Bonchev–Trinajstić information content (AvgIpc) is 3.07. The van der Waals surface area contributed by atoms with Crippen LogP contribution in [0.3, 0.4) is 0 Å². The Hall–Kier alpha value is -1.86. The molecular weight excluding hydrogens is 356 g/mol. The normalized spacial score (nSPS) is 16.6. The molecule has 2 aromatic rings. The highest BCUT2D eigenvalue weighted by molar-refractivity contribution is 7.92. The van der Waals surface area contributed by atoms with Gasteiger partial charge in [-0.05, 0) is 48.9 Å². The number of carbonyl (C=O) groups is 1. The molecule has 5 nitrogen and oxygen atoms in total. The molecule has 0 atom stereocenters. The summed E-state index contributed by atoms with van der Waals surface area (Å²) in [4.78, 5) is 15.5. The number of aryl methyl sites for hydroxylation is 1. The van der Waals surface area contributed by atoms with Gasteiger partial charge in [0, 0.05) is 24.0 Å². The monoisotopic (exact) mass is 378 g/mol. The molecule has 2 heterocycles. The standard InChI is InChI=1S/C18H22N2O3S2/c1-14-7-8-15(18(21)19(2)13-16-6-5-10-24-16)12-17(14)20-9-3-4-11-25(20,22)23/h5-8,10,12H,3-4,9,11,13H2,1-2H3. The second-order valence-corrected chi connectivity index (χ2v) is 9.38. The van der Waals surface area contributed by atoms with Crippen molar-refractivity contribution in [1.29, 1.82) is 0 Å². The molecule has 1 aliphatic heterocycles. The number of benzene rings is 1. The first kappa shape index (κ1) is 17.9. The minimum atomic E-state index is -3.29. The van der Waals surface area contributed by atoms with Crippen molar-refractivity contribution >= 4 is 33.0 Å². The maximum absolute atomic E-state index is 12.7. The molecule has 0 unspecified atom stereocenters. The summed E-state index contributed by atoms with van der Waals surface area (Å²) in [6.07, 6.45) is 1.54. The van der Waals surface area contributed by atoms with Gasteiger partial charge < -0.3 is 4.90 Å². The molecule has 134 valence electrons. The Morgan fingerprint density at radius 3 is 2.76 bits per heavy atom. The van der Waals surface area contributed by atoms with E-state index in [1.807, 2.05) is 30.5 Å². The Morgan fingerprint density at radius 1 is 1.28 bits per heavy atom. The minimum Gasteiger partial charge on any atom is -0.337 e. The van der Waals surface area contributed by atoms with Crippen LogP contribution < -0.4 is 4.31 Å². The fourth-order valence-corrected chi connectivity index (χ4v) is 5.45. The van der Waals surface area contributed by atoms with Crippen LogP contribution in [0.2, 0.25) is 0 Å². The van der Waals surface area contributed by atoms with Gasteiger partial charge in [-0.15, -0.1) is 11.3 Å². The van der Waals surface area contributed by atoms with Crippen LogP contribution in [0.15, 0.2) is 35.7 Å². The summed E-state index contributed by atoms with van der Waals surface area (Å²) in [5.41, 5.74) is 2.00. The lowest BCUT2D eigenvalue weighted by molar-refractivity contribution is 0.0786. The highest BCUT2D eigenvalue weighted by Crippen LogP contribution is 2.28. The van der Waals surface area contributed by atoms with E-state index in [9.17, 15) is 13.2 Å². The van der Waals surface area contributed by atoms with Gasteiger partial charge in [-0.2, -0.15) is 0 Å². The summed E-state index contributed by atoms with van der Waals surface area (Å²) >= 11 is 1.61. The van der Waals surface area contributed by atoms with E-state index < -0.39 is 10.0 Å². The Morgan fingerprint density at radius 2 is 2.08 bits per heavy atom. The summed E-state index contributed by atoms with van der Waals surface area (Å²) in [5.74, 6) is 0.0622. The van der Waals surface area contributed by atoms with E-state index >= 15 is 0 Å². The second kappa shape index (κ2) is 7.17. The van der Waals surface area contributed by atoms with Gasteiger partial charge >= 0.3 is 0 Å². The molecule has 0 N–H and O–H groups in total. The Kier molecular flexibility index (Phi) is 5.15. The van der Waals surface area contributed by atoms with Gasteiger partial charge in [0.2, 0.25) is 10.0 Å². The number of thiophene rings is 1. The van der Waals surface area contributed by atoms with Crippen molar-refractivity contribution in [2.75, 3.05) is 23.7 Å². The first-order valence-corrected chi connectivity index (χ1v) is 10.8. The van der Waals surface area contributed by atoms with Crippen molar-refractivity contribution in [3.05, 3.63) is 51.7 Å². The number of carbonyl (C=O) groups excluding carboxylic acids is 1. The molecule has 1 aromatic heterocycles. The van der Waals surface area contributed by atoms with E-state index in [1.54, 1.807) is 35.4 Å². The highest BCUT2D eigenvalue weighted by atomic mass is 32.2. The van der Waals surface area contributed by atoms with Crippen LogP contribution in [-0.2, 0) is 16.6 Å². The molecule has 25 heavy (non-hydrogen) atoms. The number of anilines is 1. The van der Waals surface area contributed by atoms with Crippen LogP contribution in [0.4, 0.5) is 5.69 Å². The lowest BCUT2D eigenvalue weighted by Gasteiger charge is -2.30. The largest absolute Gasteiger partial charge is 0.337 e. The van der Waals surface area contributed by atoms with E-state index in [1.165, 1.54) is 4.31 Å². The van der Waals surface area contributed by atoms with Crippen molar-refractivity contribution < 1.29 is 13.2 Å². The number of rotatable bonds is 4. The molecule has 1 aromatic carbocycles. The van der Waals surface area contributed by atoms with Gasteiger partial charge in [0.1, 0.15) is 0 Å². The number of amides is 1. The Balaban J connectivity index is 1.87. The molecule has 0 aliphatic carbocycles. The van der Waals surface area contributed by atoms with Crippen LogP contribution in [0, 0.1) is 6.92 Å². The zero-order chi connectivity index (χ0) is 18.0. The maximum atomic E-state index is 12.7. The second-order valence-electron chi connectivity index (χ2n) is 6.34. The molecule has 1 saturated heterocycles. The van der Waals surface area contributed by atoms with E-state index in [2.05, 4.69) is 0 Å². The van der Waals surface area contributed by atoms with Gasteiger partial charge in [-0.1, -0.05) is 12.1 Å². The van der Waals surface area contributed by atoms with Gasteiger partial charge in [0.15, 0.2) is 0 Å². The molecule has 3 rings (SSSR count). The summed E-state index contributed by atoms with van der Waals surface area (Å²) in [6.45, 7) is 2.90. The highest BCUT2D eigenvalue weighted by Gasteiger charge is 2.28. The van der Waals surface area contributed by atoms with E-state index in [-0.39, 0.29) is 11.7 Å². The van der Waals surface area contributed by atoms with Gasteiger partial charge in [-0.25, -0.2) is 8.42 Å². The summed E-state index contributed by atoms with van der Waals surface area (Å²) in [5, 5.41) is 1.98. The van der Waals surface area contributed by atoms with Crippen molar-refractivity contribution in [3.8, 4) is 0 Å². The lowest BCUT2D eigenvalue weighted by atomic mass is 10.1. The maximum Gasteiger partial charge on any atom is 0.253 e. The molecule has 0 bridgehead atoms. The summed E-state index contributed by atoms with van der Waals surface area (Å²) in [7, 11) is -1.53. The predicted molar refractivity (Wildman–Crippen MR) is 102 cm³/mol. The first-order chi connectivity index (χ1) is 11.9. The molecular formula is C18H22N2O3S2. The van der Waals surface area contributed by atoms with Gasteiger partial charge in [0.05, 0.1) is 18.0 Å². The molecule has 7 heteroatoms. The van der Waals surface area contributed by atoms with E-state index in [0.29, 0.717) is 30.8 Å². The zero-order valence-electron chi connectivity index (χ0n) is 14.4. The third-order valence-corrected chi connectivity index (χ3v) is 7.11. The third kappa shape index (κ3) is 3.88. The van der Waals surface area contributed by atoms with Crippen LogP contribution in [0.5, 0.6) is 0 Å². The number of sulfonamides is 1. The van der Waals surface area contributed by atoms with Crippen molar-refractivity contribution in [2.45, 2.75) is 26.3 Å². The van der Waals surface area contributed by atoms with Gasteiger partial charge in [0.25, 0.3) is 5.91 Å². The molecule has 1 fully saturated rings. The van der Waals surface area contributed by atoms with E-state index in [4.69, 9.17) is 0 Å². The summed E-state index contributed by atoms with van der Waals surface area (Å²) < 4.78 is 26.2. The SMILES string of the molecule is Cc1ccc(C(=O)N(C)Cc2cccs2)cc1N1CCCCS1(=O)=O.